The molecule has 0 radical (unpaired) electrons. The summed E-state index contributed by atoms with van der Waals surface area (Å²) >= 11 is 1.63. The lowest BCUT2D eigenvalue weighted by molar-refractivity contribution is 0.152. The van der Waals surface area contributed by atoms with Crippen LogP contribution in [-0.4, -0.2) is 37.7 Å². The minimum Gasteiger partial charge on any atom is -0.457 e. The van der Waals surface area contributed by atoms with Gasteiger partial charge in [-0.2, -0.15) is 0 Å². The molecule has 140 valence electrons. The molecule has 0 saturated heterocycles. The molecule has 26 heavy (non-hydrogen) atoms. The second-order valence-corrected chi connectivity index (χ2v) is 6.33. The van der Waals surface area contributed by atoms with Crippen LogP contribution in [0.5, 0.6) is 0 Å². The summed E-state index contributed by atoms with van der Waals surface area (Å²) in [4.78, 5) is 8.80. The maximum Gasteiger partial charge on any atom is 0.191 e. The highest BCUT2D eigenvalue weighted by Gasteiger charge is 2.10. The summed E-state index contributed by atoms with van der Waals surface area (Å²) in [6.45, 7) is 4.61. The number of hydrogen-bond donors (Lipinski definition) is 2. The summed E-state index contributed by atoms with van der Waals surface area (Å²) < 4.78 is 12.4. The normalized spacial score (nSPS) is 11.4. The van der Waals surface area contributed by atoms with Crippen LogP contribution in [0.3, 0.4) is 0 Å². The zero-order valence-corrected chi connectivity index (χ0v) is 18.0. The lowest BCUT2D eigenvalue weighted by atomic mass is 10.3. The molecule has 0 fully saturated rings. The van der Waals surface area contributed by atoms with Gasteiger partial charge in [0.2, 0.25) is 0 Å². The number of fused-ring (bicyclic) bond motifs is 1. The van der Waals surface area contributed by atoms with Crippen LogP contribution in [0.25, 0.3) is 21.0 Å². The molecule has 2 heterocycles. The first kappa shape index (κ1) is 20.7. The van der Waals surface area contributed by atoms with Gasteiger partial charge in [0.05, 0.1) is 23.4 Å². The molecule has 0 spiro atoms. The number of aliphatic imine (C=N–C) groups is 1. The molecule has 0 aliphatic heterocycles. The van der Waals surface area contributed by atoms with Gasteiger partial charge in [-0.05, 0) is 31.2 Å². The highest BCUT2D eigenvalue weighted by atomic mass is 127. The molecule has 6 nitrogen and oxygen atoms in total. The largest absolute Gasteiger partial charge is 0.457 e. The third kappa shape index (κ3) is 5.42. The van der Waals surface area contributed by atoms with Gasteiger partial charge in [0, 0.05) is 20.2 Å². The molecular weight excluding hydrogens is 463 g/mol. The van der Waals surface area contributed by atoms with Crippen LogP contribution in [0.15, 0.2) is 45.8 Å². The Hall–Kier alpha value is -1.65. The standard InChI is InChI=1S/C18H22N4O2S.HI/c1-3-23-11-10-20-18(19-2)21-12-13-8-9-15(24-13)17-22-14-6-4-5-7-16(14)25-17;/h4-9H,3,10-12H2,1-2H3,(H2,19,20,21);1H. The SMILES string of the molecule is CCOCCNC(=NC)NCc1ccc(-c2nc3ccccc3s2)o1.I. The van der Waals surface area contributed by atoms with Crippen LogP contribution in [0.4, 0.5) is 0 Å². The van der Waals surface area contributed by atoms with Gasteiger partial charge in [0.15, 0.2) is 16.7 Å². The smallest absolute Gasteiger partial charge is 0.191 e. The van der Waals surface area contributed by atoms with E-state index in [0.29, 0.717) is 26.3 Å². The molecule has 1 aromatic carbocycles. The number of para-hydroxylation sites is 1. The molecule has 0 aliphatic rings. The van der Waals surface area contributed by atoms with Gasteiger partial charge in [-0.15, -0.1) is 35.3 Å². The molecule has 2 aromatic heterocycles. The Morgan fingerprint density at radius 2 is 2.08 bits per heavy atom. The van der Waals surface area contributed by atoms with Gasteiger partial charge in [0.1, 0.15) is 5.76 Å². The summed E-state index contributed by atoms with van der Waals surface area (Å²) in [6.07, 6.45) is 0. The van der Waals surface area contributed by atoms with Crippen LogP contribution in [0, 0.1) is 0 Å². The van der Waals surface area contributed by atoms with Crippen molar-refractivity contribution in [2.45, 2.75) is 13.5 Å². The topological polar surface area (TPSA) is 71.7 Å². The van der Waals surface area contributed by atoms with E-state index < -0.39 is 0 Å². The number of furan rings is 1. The Bertz CT molecular complexity index is 813. The van der Waals surface area contributed by atoms with Gasteiger partial charge in [-0.1, -0.05) is 12.1 Å². The highest BCUT2D eigenvalue weighted by Crippen LogP contribution is 2.30. The number of nitrogens with zero attached hydrogens (tertiary/aromatic N) is 2. The second kappa shape index (κ2) is 10.5. The Morgan fingerprint density at radius 1 is 1.23 bits per heavy atom. The summed E-state index contributed by atoms with van der Waals surface area (Å²) in [5, 5.41) is 7.31. The van der Waals surface area contributed by atoms with Gasteiger partial charge in [-0.3, -0.25) is 4.99 Å². The van der Waals surface area contributed by atoms with E-state index in [1.165, 1.54) is 0 Å². The minimum atomic E-state index is 0. The summed E-state index contributed by atoms with van der Waals surface area (Å²) in [5.74, 6) is 2.34. The number of aromatic nitrogens is 1. The third-order valence-corrected chi connectivity index (χ3v) is 4.61. The predicted molar refractivity (Wildman–Crippen MR) is 117 cm³/mol. The molecule has 0 saturated carbocycles. The zero-order valence-electron chi connectivity index (χ0n) is 14.8. The molecule has 3 rings (SSSR count). The van der Waals surface area contributed by atoms with Crippen molar-refractivity contribution in [3.8, 4) is 10.8 Å². The van der Waals surface area contributed by atoms with Crippen molar-refractivity contribution >= 4 is 51.5 Å². The molecule has 0 amide bonds. The first-order chi connectivity index (χ1) is 12.3. The predicted octanol–water partition coefficient (Wildman–Crippen LogP) is 3.88. The Balaban J connectivity index is 0.00000243. The van der Waals surface area contributed by atoms with E-state index in [9.17, 15) is 0 Å². The van der Waals surface area contributed by atoms with Crippen LogP contribution in [0.1, 0.15) is 12.7 Å². The van der Waals surface area contributed by atoms with Crippen molar-refractivity contribution in [3.05, 3.63) is 42.2 Å². The molecular formula is C18H23IN4O2S. The quantitative estimate of drug-likeness (QED) is 0.230. The fraction of sp³-hybridized carbons (Fsp3) is 0.333. The number of benzene rings is 1. The number of guanidine groups is 1. The number of halogens is 1. The third-order valence-electron chi connectivity index (χ3n) is 3.56. The molecule has 0 aliphatic carbocycles. The average Bonchev–Trinajstić information content (AvgIpc) is 3.27. The molecule has 0 atom stereocenters. The monoisotopic (exact) mass is 486 g/mol. The Morgan fingerprint density at radius 3 is 2.85 bits per heavy atom. The lowest BCUT2D eigenvalue weighted by Gasteiger charge is -2.10. The Labute approximate surface area is 174 Å². The van der Waals surface area contributed by atoms with Crippen molar-refractivity contribution < 1.29 is 9.15 Å². The van der Waals surface area contributed by atoms with Crippen LogP contribution in [0.2, 0.25) is 0 Å². The molecule has 0 unspecified atom stereocenters. The summed E-state index contributed by atoms with van der Waals surface area (Å²) in [5.41, 5.74) is 0.998. The fourth-order valence-electron chi connectivity index (χ4n) is 2.34. The van der Waals surface area contributed by atoms with Gasteiger partial charge >= 0.3 is 0 Å². The average molecular weight is 486 g/mol. The van der Waals surface area contributed by atoms with Crippen LogP contribution < -0.4 is 10.6 Å². The zero-order chi connectivity index (χ0) is 17.5. The number of rotatable bonds is 7. The first-order valence-electron chi connectivity index (χ1n) is 8.27. The van der Waals surface area contributed by atoms with Crippen molar-refractivity contribution in [3.63, 3.8) is 0 Å². The van der Waals surface area contributed by atoms with E-state index in [0.717, 1.165) is 32.7 Å². The summed E-state index contributed by atoms with van der Waals surface area (Å²) in [7, 11) is 1.74. The van der Waals surface area contributed by atoms with E-state index in [1.807, 2.05) is 37.3 Å². The Kier molecular flexibility index (Phi) is 8.33. The van der Waals surface area contributed by atoms with Gasteiger partial charge in [0.25, 0.3) is 0 Å². The van der Waals surface area contributed by atoms with E-state index in [2.05, 4.69) is 26.7 Å². The summed E-state index contributed by atoms with van der Waals surface area (Å²) in [6, 6.07) is 12.0. The first-order valence-corrected chi connectivity index (χ1v) is 9.08. The maximum absolute atomic E-state index is 5.92. The highest BCUT2D eigenvalue weighted by molar-refractivity contribution is 14.0. The van der Waals surface area contributed by atoms with Crippen LogP contribution >= 0.6 is 35.3 Å². The van der Waals surface area contributed by atoms with Crippen molar-refractivity contribution in [1.29, 1.82) is 0 Å². The van der Waals surface area contributed by atoms with Crippen LogP contribution in [-0.2, 0) is 11.3 Å². The van der Waals surface area contributed by atoms with Gasteiger partial charge in [-0.25, -0.2) is 4.98 Å². The second-order valence-electron chi connectivity index (χ2n) is 5.30. The number of thiazole rings is 1. The van der Waals surface area contributed by atoms with E-state index in [-0.39, 0.29) is 24.0 Å². The number of hydrogen-bond acceptors (Lipinski definition) is 5. The van der Waals surface area contributed by atoms with Crippen molar-refractivity contribution in [2.24, 2.45) is 4.99 Å². The lowest BCUT2D eigenvalue weighted by Crippen LogP contribution is -2.38. The number of ether oxygens (including phenoxy) is 1. The number of nitrogens with one attached hydrogen (secondary N) is 2. The van der Waals surface area contributed by atoms with E-state index in [1.54, 1.807) is 18.4 Å². The molecule has 2 N–H and O–H groups in total. The molecule has 0 bridgehead atoms. The minimum absolute atomic E-state index is 0. The molecule has 3 aromatic rings. The van der Waals surface area contributed by atoms with E-state index in [4.69, 9.17) is 9.15 Å². The van der Waals surface area contributed by atoms with Crippen molar-refractivity contribution in [2.75, 3.05) is 26.8 Å². The van der Waals surface area contributed by atoms with Gasteiger partial charge < -0.3 is 19.8 Å². The molecule has 8 heteroatoms. The fourth-order valence-corrected chi connectivity index (χ4v) is 3.27. The maximum atomic E-state index is 5.92. The van der Waals surface area contributed by atoms with E-state index >= 15 is 0 Å². The van der Waals surface area contributed by atoms with Crippen molar-refractivity contribution in [1.82, 2.24) is 15.6 Å².